The number of hydrogen-bond acceptors (Lipinski definition) is 2. The van der Waals surface area contributed by atoms with Crippen LogP contribution in [-0.2, 0) is 29.2 Å². The van der Waals surface area contributed by atoms with E-state index in [9.17, 15) is 9.59 Å². The number of fused-ring (bicyclic) bond motifs is 1. The molecule has 0 radical (unpaired) electrons. The first kappa shape index (κ1) is 14.7. The van der Waals surface area contributed by atoms with Gasteiger partial charge < -0.3 is 10.2 Å². The normalized spacial score (nSPS) is 25.7. The SMILES string of the molecule is CC(=O)N1Cc2ccc(CNC(=O)[C@@H]3C[C@H]3C3CCC3)cc2C1. The molecular weight excluding hydrogens is 288 g/mol. The Labute approximate surface area is 137 Å². The summed E-state index contributed by atoms with van der Waals surface area (Å²) in [4.78, 5) is 25.6. The third-order valence-electron chi connectivity index (χ3n) is 5.84. The minimum atomic E-state index is 0.117. The summed E-state index contributed by atoms with van der Waals surface area (Å²) < 4.78 is 0. The van der Waals surface area contributed by atoms with Crippen LogP contribution in [0.2, 0.25) is 0 Å². The average Bonchev–Trinajstić information content (AvgIpc) is 3.11. The lowest BCUT2D eigenvalue weighted by Crippen LogP contribution is -2.26. The molecule has 0 saturated heterocycles. The minimum Gasteiger partial charge on any atom is -0.352 e. The molecule has 0 spiro atoms. The van der Waals surface area contributed by atoms with Crippen LogP contribution in [0.1, 0.15) is 49.3 Å². The van der Waals surface area contributed by atoms with E-state index in [1.54, 1.807) is 6.92 Å². The van der Waals surface area contributed by atoms with Crippen LogP contribution in [0.25, 0.3) is 0 Å². The summed E-state index contributed by atoms with van der Waals surface area (Å²) in [7, 11) is 0. The lowest BCUT2D eigenvalue weighted by atomic mass is 9.81. The molecule has 0 unspecified atom stereocenters. The Kier molecular flexibility index (Phi) is 3.63. The van der Waals surface area contributed by atoms with Crippen LogP contribution < -0.4 is 5.32 Å². The van der Waals surface area contributed by atoms with Crippen LogP contribution >= 0.6 is 0 Å². The quantitative estimate of drug-likeness (QED) is 0.929. The van der Waals surface area contributed by atoms with Crippen molar-refractivity contribution in [2.45, 2.75) is 52.2 Å². The maximum Gasteiger partial charge on any atom is 0.223 e. The number of amides is 2. The zero-order valence-corrected chi connectivity index (χ0v) is 13.7. The summed E-state index contributed by atoms with van der Waals surface area (Å²) in [6, 6.07) is 6.29. The van der Waals surface area contributed by atoms with Gasteiger partial charge in [-0.3, -0.25) is 9.59 Å². The summed E-state index contributed by atoms with van der Waals surface area (Å²) in [5.74, 6) is 2.10. The van der Waals surface area contributed by atoms with Gasteiger partial charge in [-0.2, -0.15) is 0 Å². The number of carbonyl (C=O) groups is 2. The first-order chi connectivity index (χ1) is 11.1. The molecule has 2 fully saturated rings. The molecule has 1 heterocycles. The number of benzene rings is 1. The second kappa shape index (κ2) is 5.66. The first-order valence-corrected chi connectivity index (χ1v) is 8.75. The van der Waals surface area contributed by atoms with E-state index in [4.69, 9.17) is 0 Å². The highest BCUT2D eigenvalue weighted by Gasteiger charge is 2.48. The van der Waals surface area contributed by atoms with E-state index in [0.717, 1.165) is 17.9 Å². The minimum absolute atomic E-state index is 0.117. The third kappa shape index (κ3) is 2.87. The fourth-order valence-electron chi connectivity index (χ4n) is 4.01. The van der Waals surface area contributed by atoms with Gasteiger partial charge in [-0.15, -0.1) is 0 Å². The summed E-state index contributed by atoms with van der Waals surface area (Å²) in [6.45, 7) is 3.61. The molecule has 0 bridgehead atoms. The molecule has 1 N–H and O–H groups in total. The lowest BCUT2D eigenvalue weighted by Gasteiger charge is -2.25. The van der Waals surface area contributed by atoms with Crippen molar-refractivity contribution in [1.29, 1.82) is 0 Å². The largest absolute Gasteiger partial charge is 0.352 e. The third-order valence-corrected chi connectivity index (χ3v) is 5.84. The van der Waals surface area contributed by atoms with Gasteiger partial charge in [-0.25, -0.2) is 0 Å². The van der Waals surface area contributed by atoms with Gasteiger partial charge in [0.2, 0.25) is 11.8 Å². The van der Waals surface area contributed by atoms with Crippen LogP contribution in [0.5, 0.6) is 0 Å². The number of hydrogen-bond donors (Lipinski definition) is 1. The van der Waals surface area contributed by atoms with E-state index in [2.05, 4.69) is 23.5 Å². The van der Waals surface area contributed by atoms with Gasteiger partial charge in [-0.1, -0.05) is 37.5 Å². The molecule has 2 aliphatic carbocycles. The van der Waals surface area contributed by atoms with E-state index in [-0.39, 0.29) is 17.7 Å². The zero-order valence-electron chi connectivity index (χ0n) is 13.7. The fraction of sp³-hybridized carbons (Fsp3) is 0.579. The summed E-state index contributed by atoms with van der Waals surface area (Å²) >= 11 is 0. The van der Waals surface area contributed by atoms with Crippen LogP contribution in [0.15, 0.2) is 18.2 Å². The van der Waals surface area contributed by atoms with Crippen molar-refractivity contribution in [1.82, 2.24) is 10.2 Å². The Balaban J connectivity index is 1.31. The number of nitrogens with one attached hydrogen (secondary N) is 1. The Morgan fingerprint density at radius 3 is 2.70 bits per heavy atom. The topological polar surface area (TPSA) is 49.4 Å². The highest BCUT2D eigenvalue weighted by Crippen LogP contribution is 2.51. The summed E-state index contributed by atoms with van der Waals surface area (Å²) in [5, 5.41) is 3.10. The molecule has 2 amide bonds. The Bertz CT molecular complexity index is 651. The number of nitrogens with zero attached hydrogens (tertiary/aromatic N) is 1. The van der Waals surface area contributed by atoms with E-state index in [1.807, 2.05) is 4.90 Å². The molecule has 2 saturated carbocycles. The van der Waals surface area contributed by atoms with Gasteiger partial charge in [0, 0.05) is 32.5 Å². The fourth-order valence-corrected chi connectivity index (χ4v) is 4.01. The van der Waals surface area contributed by atoms with Gasteiger partial charge >= 0.3 is 0 Å². The maximum atomic E-state index is 12.2. The maximum absolute atomic E-state index is 12.2. The molecule has 0 aromatic heterocycles. The van der Waals surface area contributed by atoms with Gasteiger partial charge in [0.1, 0.15) is 0 Å². The first-order valence-electron chi connectivity index (χ1n) is 8.75. The molecule has 1 aliphatic heterocycles. The Morgan fingerprint density at radius 2 is 2.00 bits per heavy atom. The van der Waals surface area contributed by atoms with Gasteiger partial charge in [0.15, 0.2) is 0 Å². The zero-order chi connectivity index (χ0) is 16.0. The number of carbonyl (C=O) groups excluding carboxylic acids is 2. The van der Waals surface area contributed by atoms with Gasteiger partial charge in [-0.05, 0) is 34.9 Å². The Morgan fingerprint density at radius 1 is 1.22 bits per heavy atom. The molecule has 4 nitrogen and oxygen atoms in total. The van der Waals surface area contributed by atoms with Crippen LogP contribution in [0.4, 0.5) is 0 Å². The van der Waals surface area contributed by atoms with Crippen LogP contribution in [-0.4, -0.2) is 16.7 Å². The predicted molar refractivity (Wildman–Crippen MR) is 87.2 cm³/mol. The molecule has 3 aliphatic rings. The smallest absolute Gasteiger partial charge is 0.223 e. The Hall–Kier alpha value is -1.84. The van der Waals surface area contributed by atoms with E-state index in [0.29, 0.717) is 25.6 Å². The highest BCUT2D eigenvalue weighted by molar-refractivity contribution is 5.81. The lowest BCUT2D eigenvalue weighted by molar-refractivity contribution is -0.129. The molecule has 4 heteroatoms. The molecule has 2 atom stereocenters. The second-order valence-electron chi connectivity index (χ2n) is 7.39. The standard InChI is InChI=1S/C19H24N2O2/c1-12(22)21-10-15-6-5-13(7-16(15)11-21)9-20-19(23)18-8-17(18)14-3-2-4-14/h5-7,14,17-18H,2-4,8-11H2,1H3,(H,20,23)/t17-,18+/m0/s1. The van der Waals surface area contributed by atoms with Crippen molar-refractivity contribution in [2.75, 3.05) is 0 Å². The van der Waals surface area contributed by atoms with E-state index >= 15 is 0 Å². The van der Waals surface area contributed by atoms with E-state index in [1.165, 1.54) is 30.4 Å². The van der Waals surface area contributed by atoms with Crippen molar-refractivity contribution >= 4 is 11.8 Å². The van der Waals surface area contributed by atoms with Crippen molar-refractivity contribution in [3.63, 3.8) is 0 Å². The monoisotopic (exact) mass is 312 g/mol. The summed E-state index contributed by atoms with van der Waals surface area (Å²) in [5.41, 5.74) is 3.57. The number of rotatable bonds is 4. The molecular formula is C19H24N2O2. The molecule has 122 valence electrons. The second-order valence-corrected chi connectivity index (χ2v) is 7.39. The molecule has 1 aromatic rings. The average molecular weight is 312 g/mol. The van der Waals surface area contributed by atoms with Gasteiger partial charge in [0.05, 0.1) is 0 Å². The van der Waals surface area contributed by atoms with Crippen LogP contribution in [0.3, 0.4) is 0 Å². The molecule has 23 heavy (non-hydrogen) atoms. The summed E-state index contributed by atoms with van der Waals surface area (Å²) in [6.07, 6.45) is 5.09. The predicted octanol–water partition coefficient (Wildman–Crippen LogP) is 2.60. The van der Waals surface area contributed by atoms with Crippen molar-refractivity contribution in [3.8, 4) is 0 Å². The van der Waals surface area contributed by atoms with Crippen molar-refractivity contribution in [2.24, 2.45) is 17.8 Å². The van der Waals surface area contributed by atoms with Gasteiger partial charge in [0.25, 0.3) is 0 Å². The molecule has 4 rings (SSSR count). The van der Waals surface area contributed by atoms with Crippen LogP contribution in [0, 0.1) is 17.8 Å². The van der Waals surface area contributed by atoms with E-state index < -0.39 is 0 Å². The highest BCUT2D eigenvalue weighted by atomic mass is 16.2. The van der Waals surface area contributed by atoms with Crippen molar-refractivity contribution < 1.29 is 9.59 Å². The van der Waals surface area contributed by atoms with Crippen molar-refractivity contribution in [3.05, 3.63) is 34.9 Å². The molecule has 1 aromatic carbocycles.